The maximum atomic E-state index is 10.8. The number of rotatable bonds is 5. The van der Waals surface area contributed by atoms with E-state index in [0.29, 0.717) is 18.0 Å². The molecule has 1 aromatic rings. The van der Waals surface area contributed by atoms with Gasteiger partial charge < -0.3 is 11.1 Å². The van der Waals surface area contributed by atoms with E-state index < -0.39 is 0 Å². The SMILES string of the molecule is Cc1c(NCC(N)C(C)C)cccc1[N+](=O)[O-]. The van der Waals surface area contributed by atoms with Crippen LogP contribution in [0.25, 0.3) is 0 Å². The summed E-state index contributed by atoms with van der Waals surface area (Å²) in [4.78, 5) is 10.4. The number of nitrogens with one attached hydrogen (secondary N) is 1. The van der Waals surface area contributed by atoms with E-state index in [1.165, 1.54) is 6.07 Å². The lowest BCUT2D eigenvalue weighted by Crippen LogP contribution is -2.34. The fourth-order valence-electron chi connectivity index (χ4n) is 1.48. The summed E-state index contributed by atoms with van der Waals surface area (Å²) in [6.07, 6.45) is 0. The van der Waals surface area contributed by atoms with Crippen LogP contribution in [0.1, 0.15) is 19.4 Å². The predicted octanol–water partition coefficient (Wildman–Crippen LogP) is 2.30. The van der Waals surface area contributed by atoms with Gasteiger partial charge in [-0.3, -0.25) is 10.1 Å². The zero-order chi connectivity index (χ0) is 13.0. The Morgan fingerprint density at radius 3 is 2.65 bits per heavy atom. The fourth-order valence-corrected chi connectivity index (χ4v) is 1.48. The smallest absolute Gasteiger partial charge is 0.274 e. The molecule has 0 aromatic heterocycles. The molecule has 0 saturated heterocycles. The lowest BCUT2D eigenvalue weighted by Gasteiger charge is -2.17. The summed E-state index contributed by atoms with van der Waals surface area (Å²) in [6, 6.07) is 5.04. The summed E-state index contributed by atoms with van der Waals surface area (Å²) in [5.74, 6) is 0.376. The molecule has 1 unspecified atom stereocenters. The highest BCUT2D eigenvalue weighted by Gasteiger charge is 2.14. The van der Waals surface area contributed by atoms with Gasteiger partial charge in [0.25, 0.3) is 5.69 Å². The minimum atomic E-state index is -0.372. The van der Waals surface area contributed by atoms with Gasteiger partial charge in [0, 0.05) is 29.9 Å². The van der Waals surface area contributed by atoms with Crippen molar-refractivity contribution < 1.29 is 4.92 Å². The molecule has 1 atom stereocenters. The molecule has 0 fully saturated rings. The van der Waals surface area contributed by atoms with Crippen molar-refractivity contribution in [3.63, 3.8) is 0 Å². The van der Waals surface area contributed by atoms with Crippen LogP contribution in [-0.4, -0.2) is 17.5 Å². The van der Waals surface area contributed by atoms with Crippen molar-refractivity contribution in [3.8, 4) is 0 Å². The molecule has 94 valence electrons. The number of nitro groups is 1. The average Bonchev–Trinajstić information content (AvgIpc) is 2.26. The van der Waals surface area contributed by atoms with Crippen molar-refractivity contribution in [1.29, 1.82) is 0 Å². The van der Waals surface area contributed by atoms with Gasteiger partial charge in [0.15, 0.2) is 0 Å². The van der Waals surface area contributed by atoms with Crippen LogP contribution in [0.3, 0.4) is 0 Å². The van der Waals surface area contributed by atoms with Crippen molar-refractivity contribution in [3.05, 3.63) is 33.9 Å². The molecule has 0 saturated carbocycles. The van der Waals surface area contributed by atoms with Gasteiger partial charge in [0.1, 0.15) is 0 Å². The van der Waals surface area contributed by atoms with Crippen molar-refractivity contribution in [2.24, 2.45) is 11.7 Å². The van der Waals surface area contributed by atoms with E-state index in [0.717, 1.165) is 5.69 Å². The summed E-state index contributed by atoms with van der Waals surface area (Å²) in [7, 11) is 0. The van der Waals surface area contributed by atoms with E-state index in [4.69, 9.17) is 5.73 Å². The highest BCUT2D eigenvalue weighted by molar-refractivity contribution is 5.59. The minimum Gasteiger partial charge on any atom is -0.383 e. The first-order chi connectivity index (χ1) is 7.93. The Labute approximate surface area is 101 Å². The fraction of sp³-hybridized carbons (Fsp3) is 0.500. The number of nitrogens with zero attached hydrogens (tertiary/aromatic N) is 1. The zero-order valence-corrected chi connectivity index (χ0v) is 10.4. The normalized spacial score (nSPS) is 12.5. The third kappa shape index (κ3) is 3.42. The van der Waals surface area contributed by atoms with E-state index >= 15 is 0 Å². The van der Waals surface area contributed by atoms with Crippen LogP contribution in [0.4, 0.5) is 11.4 Å². The second-order valence-electron chi connectivity index (χ2n) is 4.50. The maximum Gasteiger partial charge on any atom is 0.274 e. The van der Waals surface area contributed by atoms with Crippen LogP contribution in [0.2, 0.25) is 0 Å². The zero-order valence-electron chi connectivity index (χ0n) is 10.4. The largest absolute Gasteiger partial charge is 0.383 e. The molecule has 0 amide bonds. The standard InChI is InChI=1S/C12H19N3O2/c1-8(2)10(13)7-14-11-5-4-6-12(9(11)3)15(16)17/h4-6,8,10,14H,7,13H2,1-3H3. The lowest BCUT2D eigenvalue weighted by molar-refractivity contribution is -0.385. The molecule has 5 heteroatoms. The van der Waals surface area contributed by atoms with Crippen LogP contribution in [0.5, 0.6) is 0 Å². The number of nitro benzene ring substituents is 1. The van der Waals surface area contributed by atoms with Gasteiger partial charge >= 0.3 is 0 Å². The van der Waals surface area contributed by atoms with Crippen LogP contribution in [0, 0.1) is 23.0 Å². The molecule has 0 radical (unpaired) electrons. The summed E-state index contributed by atoms with van der Waals surface area (Å²) >= 11 is 0. The van der Waals surface area contributed by atoms with Crippen molar-refractivity contribution >= 4 is 11.4 Å². The van der Waals surface area contributed by atoms with E-state index in [1.54, 1.807) is 13.0 Å². The number of hydrogen-bond donors (Lipinski definition) is 2. The van der Waals surface area contributed by atoms with Crippen LogP contribution in [-0.2, 0) is 0 Å². The van der Waals surface area contributed by atoms with Gasteiger partial charge in [-0.05, 0) is 18.9 Å². The van der Waals surface area contributed by atoms with E-state index in [1.807, 2.05) is 19.9 Å². The third-order valence-electron chi connectivity index (χ3n) is 2.89. The van der Waals surface area contributed by atoms with Gasteiger partial charge in [-0.2, -0.15) is 0 Å². The highest BCUT2D eigenvalue weighted by atomic mass is 16.6. The molecular formula is C12H19N3O2. The molecule has 0 heterocycles. The molecule has 1 rings (SSSR count). The highest BCUT2D eigenvalue weighted by Crippen LogP contribution is 2.24. The minimum absolute atomic E-state index is 0.0358. The summed E-state index contributed by atoms with van der Waals surface area (Å²) in [6.45, 7) is 6.44. The monoisotopic (exact) mass is 237 g/mol. The number of hydrogen-bond acceptors (Lipinski definition) is 4. The first-order valence-electron chi connectivity index (χ1n) is 5.67. The van der Waals surface area contributed by atoms with E-state index in [-0.39, 0.29) is 16.7 Å². The molecule has 0 aliphatic rings. The summed E-state index contributed by atoms with van der Waals surface area (Å²) in [5.41, 5.74) is 7.47. The van der Waals surface area contributed by atoms with Gasteiger partial charge in [0.2, 0.25) is 0 Å². The van der Waals surface area contributed by atoms with E-state index in [9.17, 15) is 10.1 Å². The first-order valence-corrected chi connectivity index (χ1v) is 5.67. The second-order valence-corrected chi connectivity index (χ2v) is 4.50. The average molecular weight is 237 g/mol. The van der Waals surface area contributed by atoms with Crippen LogP contribution >= 0.6 is 0 Å². The number of benzene rings is 1. The number of anilines is 1. The lowest BCUT2D eigenvalue weighted by atomic mass is 10.1. The van der Waals surface area contributed by atoms with E-state index in [2.05, 4.69) is 5.32 Å². The molecule has 0 spiro atoms. The van der Waals surface area contributed by atoms with Crippen molar-refractivity contribution in [1.82, 2.24) is 0 Å². The number of nitrogens with two attached hydrogens (primary N) is 1. The molecular weight excluding hydrogens is 218 g/mol. The molecule has 17 heavy (non-hydrogen) atoms. The van der Waals surface area contributed by atoms with Crippen LogP contribution in [0.15, 0.2) is 18.2 Å². The molecule has 5 nitrogen and oxygen atoms in total. The van der Waals surface area contributed by atoms with Gasteiger partial charge in [-0.1, -0.05) is 19.9 Å². The predicted molar refractivity (Wildman–Crippen MR) is 69.1 cm³/mol. The first kappa shape index (κ1) is 13.4. The molecule has 3 N–H and O–H groups in total. The third-order valence-corrected chi connectivity index (χ3v) is 2.89. The molecule has 0 bridgehead atoms. The summed E-state index contributed by atoms with van der Waals surface area (Å²) in [5, 5.41) is 13.9. The van der Waals surface area contributed by atoms with Gasteiger partial charge in [-0.15, -0.1) is 0 Å². The van der Waals surface area contributed by atoms with Crippen LogP contribution < -0.4 is 11.1 Å². The quantitative estimate of drug-likeness (QED) is 0.608. The van der Waals surface area contributed by atoms with Gasteiger partial charge in [0.05, 0.1) is 4.92 Å². The molecule has 1 aromatic carbocycles. The van der Waals surface area contributed by atoms with Crippen molar-refractivity contribution in [2.45, 2.75) is 26.8 Å². The van der Waals surface area contributed by atoms with Crippen molar-refractivity contribution in [2.75, 3.05) is 11.9 Å². The Hall–Kier alpha value is -1.62. The van der Waals surface area contributed by atoms with Gasteiger partial charge in [-0.25, -0.2) is 0 Å². The summed E-state index contributed by atoms with van der Waals surface area (Å²) < 4.78 is 0. The molecule has 0 aliphatic carbocycles. The Bertz CT molecular complexity index is 405. The maximum absolute atomic E-state index is 10.8. The molecule has 0 aliphatic heterocycles. The Morgan fingerprint density at radius 1 is 1.47 bits per heavy atom. The topological polar surface area (TPSA) is 81.2 Å². The Kier molecular flexibility index (Phi) is 4.45. The Balaban J connectivity index is 2.79. The second kappa shape index (κ2) is 5.63. The Morgan fingerprint density at radius 2 is 2.12 bits per heavy atom.